The van der Waals surface area contributed by atoms with Crippen LogP contribution in [0.3, 0.4) is 0 Å². The van der Waals surface area contributed by atoms with E-state index in [1.165, 1.54) is 5.56 Å². The summed E-state index contributed by atoms with van der Waals surface area (Å²) in [7, 11) is 0. The Morgan fingerprint density at radius 3 is 2.12 bits per heavy atom. The molecule has 2 aromatic rings. The third kappa shape index (κ3) is 6.04. The third-order valence-corrected chi connectivity index (χ3v) is 3.87. The fourth-order valence-electron chi connectivity index (χ4n) is 2.53. The molecule has 0 aromatic heterocycles. The predicted octanol–water partition coefficient (Wildman–Crippen LogP) is 3.71. The van der Waals surface area contributed by atoms with Crippen LogP contribution in [0, 0.1) is 0 Å². The number of carbonyl (C=O) groups excluding carboxylic acids is 2. The van der Waals surface area contributed by atoms with Crippen LogP contribution >= 0.6 is 0 Å². The van der Waals surface area contributed by atoms with Gasteiger partial charge in [0.05, 0.1) is 6.54 Å². The second-order valence-electron chi connectivity index (χ2n) is 5.78. The van der Waals surface area contributed by atoms with Gasteiger partial charge in [-0.15, -0.1) is 0 Å². The average Bonchev–Trinajstić information content (AvgIpc) is 2.63. The molecule has 0 aliphatic heterocycles. The van der Waals surface area contributed by atoms with Crippen LogP contribution in [0.25, 0.3) is 0 Å². The average molecular weight is 339 g/mol. The number of rotatable bonds is 8. The van der Waals surface area contributed by atoms with E-state index in [9.17, 15) is 9.59 Å². The van der Waals surface area contributed by atoms with Crippen LogP contribution < -0.4 is 16.0 Å². The molecule has 0 fully saturated rings. The lowest BCUT2D eigenvalue weighted by molar-refractivity contribution is -0.116. The van der Waals surface area contributed by atoms with Crippen molar-refractivity contribution in [1.82, 2.24) is 5.32 Å². The van der Waals surface area contributed by atoms with E-state index in [0.717, 1.165) is 6.42 Å². The summed E-state index contributed by atoms with van der Waals surface area (Å²) in [6.07, 6.45) is 1.31. The molecule has 0 bridgehead atoms. The Hall–Kier alpha value is -2.66. The fourth-order valence-corrected chi connectivity index (χ4v) is 2.53. The highest BCUT2D eigenvalue weighted by Gasteiger charge is 2.10. The zero-order valence-corrected chi connectivity index (χ0v) is 14.7. The zero-order chi connectivity index (χ0) is 18.1. The smallest absolute Gasteiger partial charge is 0.238 e. The van der Waals surface area contributed by atoms with Crippen molar-refractivity contribution in [3.8, 4) is 0 Å². The van der Waals surface area contributed by atoms with Gasteiger partial charge in [0.2, 0.25) is 11.8 Å². The molecule has 2 rings (SSSR count). The standard InChI is InChI=1S/C20H25N3O2/c1-3-18(15-9-6-5-7-10-15)21-14-20(25)23-17-12-8-11-16(13-17)22-19(24)4-2/h5-13,18,21H,3-4,14H2,1-2H3,(H,22,24)(H,23,25). The third-order valence-electron chi connectivity index (χ3n) is 3.87. The van der Waals surface area contributed by atoms with E-state index in [1.54, 1.807) is 31.2 Å². The van der Waals surface area contributed by atoms with E-state index >= 15 is 0 Å². The second-order valence-corrected chi connectivity index (χ2v) is 5.78. The van der Waals surface area contributed by atoms with Gasteiger partial charge < -0.3 is 16.0 Å². The molecule has 1 atom stereocenters. The van der Waals surface area contributed by atoms with Gasteiger partial charge in [-0.1, -0.05) is 50.2 Å². The summed E-state index contributed by atoms with van der Waals surface area (Å²) in [6, 6.07) is 17.4. The van der Waals surface area contributed by atoms with Gasteiger partial charge in [0.1, 0.15) is 0 Å². The number of hydrogen-bond donors (Lipinski definition) is 3. The van der Waals surface area contributed by atoms with Crippen molar-refractivity contribution < 1.29 is 9.59 Å². The van der Waals surface area contributed by atoms with Crippen LogP contribution in [0.4, 0.5) is 11.4 Å². The molecule has 0 heterocycles. The summed E-state index contributed by atoms with van der Waals surface area (Å²) in [5.74, 6) is -0.174. The van der Waals surface area contributed by atoms with Crippen molar-refractivity contribution in [3.63, 3.8) is 0 Å². The van der Waals surface area contributed by atoms with Gasteiger partial charge in [0.25, 0.3) is 0 Å². The van der Waals surface area contributed by atoms with E-state index in [2.05, 4.69) is 35.0 Å². The van der Waals surface area contributed by atoms with Gasteiger partial charge >= 0.3 is 0 Å². The van der Waals surface area contributed by atoms with E-state index in [4.69, 9.17) is 0 Å². The SMILES string of the molecule is CCC(=O)Nc1cccc(NC(=O)CNC(CC)c2ccccc2)c1. The Morgan fingerprint density at radius 2 is 1.52 bits per heavy atom. The van der Waals surface area contributed by atoms with E-state index in [1.807, 2.05) is 18.2 Å². The Balaban J connectivity index is 1.89. The van der Waals surface area contributed by atoms with Crippen molar-refractivity contribution in [2.24, 2.45) is 0 Å². The second kappa shape index (κ2) is 9.59. The number of carbonyl (C=O) groups is 2. The topological polar surface area (TPSA) is 70.2 Å². The molecule has 5 heteroatoms. The molecule has 3 N–H and O–H groups in total. The van der Waals surface area contributed by atoms with Crippen LogP contribution in [-0.4, -0.2) is 18.4 Å². The van der Waals surface area contributed by atoms with E-state index < -0.39 is 0 Å². The molecule has 0 aliphatic carbocycles. The maximum Gasteiger partial charge on any atom is 0.238 e. The molecular formula is C20H25N3O2. The summed E-state index contributed by atoms with van der Waals surface area (Å²) < 4.78 is 0. The molecule has 2 amide bonds. The first-order valence-corrected chi connectivity index (χ1v) is 8.60. The van der Waals surface area contributed by atoms with Crippen molar-refractivity contribution in [3.05, 3.63) is 60.2 Å². The van der Waals surface area contributed by atoms with Crippen LogP contribution in [0.1, 0.15) is 38.3 Å². The van der Waals surface area contributed by atoms with Gasteiger partial charge in [-0.2, -0.15) is 0 Å². The molecule has 0 spiro atoms. The lowest BCUT2D eigenvalue weighted by Crippen LogP contribution is -2.31. The summed E-state index contributed by atoms with van der Waals surface area (Å²) >= 11 is 0. The van der Waals surface area contributed by atoms with Gasteiger partial charge in [-0.25, -0.2) is 0 Å². The molecule has 2 aromatic carbocycles. The van der Waals surface area contributed by atoms with Crippen molar-refractivity contribution >= 4 is 23.2 Å². The Kier molecular flexibility index (Phi) is 7.16. The molecule has 0 saturated carbocycles. The minimum absolute atomic E-state index is 0.0567. The molecule has 0 radical (unpaired) electrons. The number of anilines is 2. The summed E-state index contributed by atoms with van der Waals surface area (Å²) in [6.45, 7) is 4.10. The number of nitrogens with one attached hydrogen (secondary N) is 3. The lowest BCUT2D eigenvalue weighted by atomic mass is 10.0. The van der Waals surface area contributed by atoms with Crippen molar-refractivity contribution in [1.29, 1.82) is 0 Å². The van der Waals surface area contributed by atoms with Gasteiger partial charge in [-0.3, -0.25) is 9.59 Å². The molecular weight excluding hydrogens is 314 g/mol. The largest absolute Gasteiger partial charge is 0.326 e. The normalized spacial score (nSPS) is 11.6. The molecule has 0 aliphatic rings. The number of benzene rings is 2. The van der Waals surface area contributed by atoms with Gasteiger partial charge in [0.15, 0.2) is 0 Å². The maximum atomic E-state index is 12.2. The van der Waals surface area contributed by atoms with Gasteiger partial charge in [0, 0.05) is 23.8 Å². The van der Waals surface area contributed by atoms with Gasteiger partial charge in [-0.05, 0) is 30.2 Å². The predicted molar refractivity (Wildman–Crippen MR) is 101 cm³/mol. The Bertz CT molecular complexity index is 701. The first-order chi connectivity index (χ1) is 12.1. The molecule has 25 heavy (non-hydrogen) atoms. The summed E-state index contributed by atoms with van der Waals surface area (Å²) in [4.78, 5) is 23.6. The van der Waals surface area contributed by atoms with Crippen LogP contribution in [0.2, 0.25) is 0 Å². The molecule has 5 nitrogen and oxygen atoms in total. The quantitative estimate of drug-likeness (QED) is 0.686. The van der Waals surface area contributed by atoms with Crippen molar-refractivity contribution in [2.45, 2.75) is 32.7 Å². The van der Waals surface area contributed by atoms with Crippen LogP contribution in [0.15, 0.2) is 54.6 Å². The summed E-state index contributed by atoms with van der Waals surface area (Å²) in [5, 5.41) is 8.91. The molecule has 1 unspecified atom stereocenters. The van der Waals surface area contributed by atoms with E-state index in [-0.39, 0.29) is 24.4 Å². The highest BCUT2D eigenvalue weighted by atomic mass is 16.2. The first kappa shape index (κ1) is 18.7. The van der Waals surface area contributed by atoms with Crippen molar-refractivity contribution in [2.75, 3.05) is 17.2 Å². The van der Waals surface area contributed by atoms with Crippen LogP contribution in [-0.2, 0) is 9.59 Å². The highest BCUT2D eigenvalue weighted by Crippen LogP contribution is 2.17. The summed E-state index contributed by atoms with van der Waals surface area (Å²) in [5.41, 5.74) is 2.50. The minimum Gasteiger partial charge on any atom is -0.326 e. The molecule has 132 valence electrons. The van der Waals surface area contributed by atoms with Crippen LogP contribution in [0.5, 0.6) is 0 Å². The number of amides is 2. The molecule has 0 saturated heterocycles. The Labute approximate surface area is 148 Å². The lowest BCUT2D eigenvalue weighted by Gasteiger charge is -2.17. The highest BCUT2D eigenvalue weighted by molar-refractivity contribution is 5.94. The van der Waals surface area contributed by atoms with E-state index in [0.29, 0.717) is 17.8 Å². The maximum absolute atomic E-state index is 12.2. The first-order valence-electron chi connectivity index (χ1n) is 8.60. The minimum atomic E-state index is -0.117. The Morgan fingerprint density at radius 1 is 0.880 bits per heavy atom. The fraction of sp³-hybridized carbons (Fsp3) is 0.300. The zero-order valence-electron chi connectivity index (χ0n) is 14.7. The number of hydrogen-bond acceptors (Lipinski definition) is 3. The monoisotopic (exact) mass is 339 g/mol.